The lowest BCUT2D eigenvalue weighted by molar-refractivity contribution is 0.0550. The highest BCUT2D eigenvalue weighted by atomic mass is 28.4. The highest BCUT2D eigenvalue weighted by molar-refractivity contribution is 6.99. The van der Waals surface area contributed by atoms with Gasteiger partial charge in [0.1, 0.15) is 0 Å². The summed E-state index contributed by atoms with van der Waals surface area (Å²) in [5.74, 6) is 0.0717. The summed E-state index contributed by atoms with van der Waals surface area (Å²) in [6.07, 6.45) is 1.35. The zero-order valence-corrected chi connectivity index (χ0v) is 18.4. The fourth-order valence-electron chi connectivity index (χ4n) is 3.77. The number of aliphatic hydroxyl groups is 1. The van der Waals surface area contributed by atoms with Crippen LogP contribution in [0.5, 0.6) is 0 Å². The van der Waals surface area contributed by atoms with Gasteiger partial charge in [-0.3, -0.25) is 0 Å². The molecule has 0 aliphatic carbocycles. The Morgan fingerprint density at radius 1 is 0.963 bits per heavy atom. The zero-order chi connectivity index (χ0) is 20.1. The molecule has 0 unspecified atom stereocenters. The first-order valence-corrected chi connectivity index (χ1v) is 11.7. The Bertz CT molecular complexity index is 667. The van der Waals surface area contributed by atoms with Crippen LogP contribution in [0.25, 0.3) is 0 Å². The van der Waals surface area contributed by atoms with Crippen LogP contribution in [0.2, 0.25) is 5.04 Å². The van der Waals surface area contributed by atoms with Gasteiger partial charge in [0.2, 0.25) is 0 Å². The predicted molar refractivity (Wildman–Crippen MR) is 118 cm³/mol. The Hall–Kier alpha value is -1.68. The first-order valence-electron chi connectivity index (χ1n) is 9.79. The van der Waals surface area contributed by atoms with Crippen molar-refractivity contribution in [2.75, 3.05) is 6.61 Å². The highest BCUT2D eigenvalue weighted by Crippen LogP contribution is 2.37. The fourth-order valence-corrected chi connectivity index (χ4v) is 8.44. The normalized spacial score (nSPS) is 15.8. The molecule has 146 valence electrons. The smallest absolute Gasteiger partial charge is 0.261 e. The van der Waals surface area contributed by atoms with E-state index in [1.165, 1.54) is 10.4 Å². The van der Waals surface area contributed by atoms with Gasteiger partial charge in [-0.05, 0) is 15.4 Å². The molecular weight excluding hydrogens is 348 g/mol. The predicted octanol–water partition coefficient (Wildman–Crippen LogP) is 4.38. The quantitative estimate of drug-likeness (QED) is 0.542. The van der Waals surface area contributed by atoms with Crippen LogP contribution < -0.4 is 10.4 Å². The molecule has 0 saturated heterocycles. The van der Waals surface area contributed by atoms with Crippen LogP contribution in [0.4, 0.5) is 0 Å². The first kappa shape index (κ1) is 21.6. The molecule has 0 amide bonds. The minimum Gasteiger partial charge on any atom is -0.407 e. The SMILES string of the molecule is C=C[C@H](C)[C@H](O)[C@H](C)CO[Si](c1ccccc1)(c1ccccc1)C(C)(C)C. The van der Waals surface area contributed by atoms with Crippen LogP contribution in [0.1, 0.15) is 34.6 Å². The molecule has 0 aromatic heterocycles. The van der Waals surface area contributed by atoms with Crippen molar-refractivity contribution >= 4 is 18.7 Å². The van der Waals surface area contributed by atoms with Crippen LogP contribution in [-0.4, -0.2) is 26.1 Å². The lowest BCUT2D eigenvalue weighted by Crippen LogP contribution is -2.67. The molecule has 0 radical (unpaired) electrons. The lowest BCUT2D eigenvalue weighted by Gasteiger charge is -2.44. The minimum atomic E-state index is -2.54. The van der Waals surface area contributed by atoms with E-state index in [0.717, 1.165) is 0 Å². The maximum absolute atomic E-state index is 10.6. The molecular formula is C24H34O2Si. The second-order valence-electron chi connectivity index (χ2n) is 8.54. The maximum atomic E-state index is 10.6. The van der Waals surface area contributed by atoms with Crippen LogP contribution >= 0.6 is 0 Å². The number of hydrogen-bond acceptors (Lipinski definition) is 2. The van der Waals surface area contributed by atoms with Gasteiger partial charge in [0.25, 0.3) is 8.32 Å². The molecule has 3 heteroatoms. The Morgan fingerprint density at radius 3 is 1.78 bits per heavy atom. The molecule has 0 aliphatic rings. The monoisotopic (exact) mass is 382 g/mol. The van der Waals surface area contributed by atoms with E-state index in [9.17, 15) is 5.11 Å². The molecule has 0 saturated carbocycles. The molecule has 0 aliphatic heterocycles. The van der Waals surface area contributed by atoms with E-state index in [2.05, 4.69) is 94.9 Å². The standard InChI is InChI=1S/C24H34O2Si/c1-7-19(2)23(25)20(3)18-26-27(24(4,5)6,21-14-10-8-11-15-21)22-16-12-9-13-17-22/h7-17,19-20,23,25H,1,18H2,2-6H3/t19-,20+,23-/m0/s1. The molecule has 2 aromatic carbocycles. The maximum Gasteiger partial charge on any atom is 0.261 e. The van der Waals surface area contributed by atoms with Crippen molar-refractivity contribution in [3.05, 3.63) is 73.3 Å². The number of hydrogen-bond donors (Lipinski definition) is 1. The number of aliphatic hydroxyl groups excluding tert-OH is 1. The van der Waals surface area contributed by atoms with Gasteiger partial charge in [-0.15, -0.1) is 6.58 Å². The molecule has 2 nitrogen and oxygen atoms in total. The minimum absolute atomic E-state index is 0.0275. The Morgan fingerprint density at radius 2 is 1.41 bits per heavy atom. The van der Waals surface area contributed by atoms with Crippen molar-refractivity contribution in [2.24, 2.45) is 11.8 Å². The van der Waals surface area contributed by atoms with Crippen molar-refractivity contribution in [1.82, 2.24) is 0 Å². The van der Waals surface area contributed by atoms with Gasteiger partial charge in [-0.1, -0.05) is 101 Å². The van der Waals surface area contributed by atoms with E-state index in [4.69, 9.17) is 4.43 Å². The summed E-state index contributed by atoms with van der Waals surface area (Å²) in [6.45, 7) is 15.2. The molecule has 0 heterocycles. The van der Waals surface area contributed by atoms with Crippen molar-refractivity contribution in [3.8, 4) is 0 Å². The van der Waals surface area contributed by atoms with Gasteiger partial charge in [0, 0.05) is 18.4 Å². The molecule has 2 aromatic rings. The van der Waals surface area contributed by atoms with E-state index < -0.39 is 14.4 Å². The summed E-state index contributed by atoms with van der Waals surface area (Å²) >= 11 is 0. The van der Waals surface area contributed by atoms with E-state index in [1.54, 1.807) is 0 Å². The van der Waals surface area contributed by atoms with Crippen molar-refractivity contribution in [1.29, 1.82) is 0 Å². The summed E-state index contributed by atoms with van der Waals surface area (Å²) in [7, 11) is -2.54. The average molecular weight is 383 g/mol. The molecule has 3 atom stereocenters. The molecule has 0 spiro atoms. The Balaban J connectivity index is 2.48. The van der Waals surface area contributed by atoms with Gasteiger partial charge in [-0.25, -0.2) is 0 Å². The van der Waals surface area contributed by atoms with E-state index >= 15 is 0 Å². The van der Waals surface area contributed by atoms with Crippen molar-refractivity contribution < 1.29 is 9.53 Å². The first-order chi connectivity index (χ1) is 12.7. The zero-order valence-electron chi connectivity index (χ0n) is 17.4. The average Bonchev–Trinajstić information content (AvgIpc) is 2.67. The molecule has 27 heavy (non-hydrogen) atoms. The van der Waals surface area contributed by atoms with E-state index in [0.29, 0.717) is 6.61 Å². The summed E-state index contributed by atoms with van der Waals surface area (Å²) in [4.78, 5) is 0. The van der Waals surface area contributed by atoms with Gasteiger partial charge >= 0.3 is 0 Å². The summed E-state index contributed by atoms with van der Waals surface area (Å²) in [5, 5.41) is 13.1. The molecule has 2 rings (SSSR count). The van der Waals surface area contributed by atoms with Crippen molar-refractivity contribution in [3.63, 3.8) is 0 Å². The van der Waals surface area contributed by atoms with Crippen LogP contribution in [-0.2, 0) is 4.43 Å². The molecule has 1 N–H and O–H groups in total. The summed E-state index contributed by atoms with van der Waals surface area (Å²) < 4.78 is 6.89. The second kappa shape index (κ2) is 9.00. The lowest BCUT2D eigenvalue weighted by atomic mass is 9.94. The van der Waals surface area contributed by atoms with E-state index in [1.807, 2.05) is 13.0 Å². The Labute approximate surface area is 166 Å². The molecule has 0 bridgehead atoms. The third kappa shape index (κ3) is 4.60. The van der Waals surface area contributed by atoms with Crippen LogP contribution in [0.15, 0.2) is 73.3 Å². The van der Waals surface area contributed by atoms with Gasteiger partial charge < -0.3 is 9.53 Å². The van der Waals surface area contributed by atoms with Gasteiger partial charge in [-0.2, -0.15) is 0 Å². The largest absolute Gasteiger partial charge is 0.407 e. The van der Waals surface area contributed by atoms with E-state index in [-0.39, 0.29) is 16.9 Å². The van der Waals surface area contributed by atoms with Crippen LogP contribution in [0.3, 0.4) is 0 Å². The van der Waals surface area contributed by atoms with Gasteiger partial charge in [0.05, 0.1) is 6.10 Å². The Kier molecular flexibility index (Phi) is 7.21. The highest BCUT2D eigenvalue weighted by Gasteiger charge is 2.50. The summed E-state index contributed by atoms with van der Waals surface area (Å²) in [5.41, 5.74) is 0. The third-order valence-electron chi connectivity index (χ3n) is 5.47. The number of benzene rings is 2. The van der Waals surface area contributed by atoms with Crippen molar-refractivity contribution in [2.45, 2.75) is 45.8 Å². The molecule has 0 fully saturated rings. The van der Waals surface area contributed by atoms with Crippen LogP contribution in [0, 0.1) is 11.8 Å². The van der Waals surface area contributed by atoms with Gasteiger partial charge in [0.15, 0.2) is 0 Å². The third-order valence-corrected chi connectivity index (χ3v) is 10.5. The summed E-state index contributed by atoms with van der Waals surface area (Å²) in [6, 6.07) is 21.2. The fraction of sp³-hybridized carbons (Fsp3) is 0.417. The second-order valence-corrected chi connectivity index (χ2v) is 12.8. The number of rotatable bonds is 8. The topological polar surface area (TPSA) is 29.5 Å².